The van der Waals surface area contributed by atoms with Gasteiger partial charge in [-0.3, -0.25) is 9.78 Å². The second-order valence-electron chi connectivity index (χ2n) is 5.88. The van der Waals surface area contributed by atoms with Crippen LogP contribution in [0, 0.1) is 6.92 Å². The molecule has 1 aromatic carbocycles. The Morgan fingerprint density at radius 3 is 2.59 bits per heavy atom. The number of carboxylic acid groups (broad SMARTS) is 1. The van der Waals surface area contributed by atoms with Gasteiger partial charge in [-0.05, 0) is 31.9 Å². The number of pyridine rings is 1. The Morgan fingerprint density at radius 2 is 1.91 bits per heavy atom. The van der Waals surface area contributed by atoms with E-state index in [4.69, 9.17) is 0 Å². The Kier molecular flexibility index (Phi) is 3.56. The van der Waals surface area contributed by atoms with E-state index < -0.39 is 11.5 Å². The molecular formula is C17H18N2O3. The van der Waals surface area contributed by atoms with Crippen LogP contribution in [0.25, 0.3) is 10.9 Å². The van der Waals surface area contributed by atoms with Crippen molar-refractivity contribution in [2.24, 2.45) is 0 Å². The van der Waals surface area contributed by atoms with Crippen molar-refractivity contribution in [1.82, 2.24) is 10.3 Å². The zero-order valence-electron chi connectivity index (χ0n) is 12.4. The fourth-order valence-corrected chi connectivity index (χ4v) is 3.08. The van der Waals surface area contributed by atoms with E-state index in [-0.39, 0.29) is 5.91 Å². The van der Waals surface area contributed by atoms with Gasteiger partial charge < -0.3 is 10.4 Å². The second kappa shape index (κ2) is 5.40. The normalized spacial score (nSPS) is 16.6. The molecule has 2 N–H and O–H groups in total. The Morgan fingerprint density at radius 1 is 1.18 bits per heavy atom. The summed E-state index contributed by atoms with van der Waals surface area (Å²) >= 11 is 0. The number of rotatable bonds is 3. The van der Waals surface area contributed by atoms with Gasteiger partial charge in [-0.15, -0.1) is 0 Å². The fraction of sp³-hybridized carbons (Fsp3) is 0.353. The molecule has 2 aromatic rings. The number of carboxylic acids is 1. The van der Waals surface area contributed by atoms with E-state index >= 15 is 0 Å². The number of aliphatic carboxylic acids is 1. The molecule has 5 nitrogen and oxygen atoms in total. The highest BCUT2D eigenvalue weighted by Gasteiger charge is 2.42. The van der Waals surface area contributed by atoms with E-state index in [0.717, 1.165) is 23.9 Å². The van der Waals surface area contributed by atoms with E-state index in [1.807, 2.05) is 25.1 Å². The van der Waals surface area contributed by atoms with Crippen LogP contribution in [0.4, 0.5) is 0 Å². The summed E-state index contributed by atoms with van der Waals surface area (Å²) < 4.78 is 0. The standard InChI is InChI=1S/C17H18N2O3/c1-11-7-8-12-5-4-6-13(14(12)18-11)15(20)19-17(16(21)22)9-2-3-10-17/h4-8H,2-3,9-10H2,1H3,(H,19,20)(H,21,22). The zero-order valence-corrected chi connectivity index (χ0v) is 12.4. The third-order valence-electron chi connectivity index (χ3n) is 4.32. The number of hydrogen-bond donors (Lipinski definition) is 2. The average Bonchev–Trinajstić information content (AvgIpc) is 2.96. The van der Waals surface area contributed by atoms with E-state index in [1.54, 1.807) is 12.1 Å². The fourth-order valence-electron chi connectivity index (χ4n) is 3.08. The Labute approximate surface area is 128 Å². The summed E-state index contributed by atoms with van der Waals surface area (Å²) in [5.41, 5.74) is 0.720. The molecular weight excluding hydrogens is 280 g/mol. The van der Waals surface area contributed by atoms with Crippen molar-refractivity contribution in [1.29, 1.82) is 0 Å². The number of para-hydroxylation sites is 1. The summed E-state index contributed by atoms with van der Waals surface area (Å²) in [5.74, 6) is -1.32. The number of nitrogens with one attached hydrogen (secondary N) is 1. The highest BCUT2D eigenvalue weighted by atomic mass is 16.4. The minimum atomic E-state index is -1.14. The lowest BCUT2D eigenvalue weighted by Gasteiger charge is -2.25. The number of aryl methyl sites for hydroxylation is 1. The first-order valence-electron chi connectivity index (χ1n) is 7.44. The van der Waals surface area contributed by atoms with Crippen molar-refractivity contribution < 1.29 is 14.7 Å². The van der Waals surface area contributed by atoms with Gasteiger partial charge in [0.2, 0.25) is 0 Å². The maximum absolute atomic E-state index is 12.6. The van der Waals surface area contributed by atoms with E-state index in [2.05, 4.69) is 10.3 Å². The maximum atomic E-state index is 12.6. The largest absolute Gasteiger partial charge is 0.480 e. The molecule has 5 heteroatoms. The molecule has 114 valence electrons. The number of fused-ring (bicyclic) bond motifs is 1. The van der Waals surface area contributed by atoms with Crippen LogP contribution in [-0.4, -0.2) is 27.5 Å². The molecule has 0 spiro atoms. The molecule has 0 bridgehead atoms. The predicted octanol–water partition coefficient (Wildman–Crippen LogP) is 2.67. The summed E-state index contributed by atoms with van der Waals surface area (Å²) in [5, 5.41) is 13.1. The smallest absolute Gasteiger partial charge is 0.329 e. The molecule has 22 heavy (non-hydrogen) atoms. The van der Waals surface area contributed by atoms with Gasteiger partial charge >= 0.3 is 5.97 Å². The maximum Gasteiger partial charge on any atom is 0.329 e. The summed E-state index contributed by atoms with van der Waals surface area (Å²) in [6.45, 7) is 1.86. The SMILES string of the molecule is Cc1ccc2cccc(C(=O)NC3(C(=O)O)CCCC3)c2n1. The lowest BCUT2D eigenvalue weighted by Crippen LogP contribution is -2.52. The molecule has 0 aliphatic heterocycles. The molecule has 0 unspecified atom stereocenters. The lowest BCUT2D eigenvalue weighted by molar-refractivity contribution is -0.144. The minimum absolute atomic E-state index is 0.368. The molecule has 1 heterocycles. The zero-order chi connectivity index (χ0) is 15.7. The number of nitrogens with zero attached hydrogens (tertiary/aromatic N) is 1. The van der Waals surface area contributed by atoms with Crippen LogP contribution in [-0.2, 0) is 4.79 Å². The Bertz CT molecular complexity index is 749. The van der Waals surface area contributed by atoms with Gasteiger partial charge in [-0.25, -0.2) is 4.79 Å². The molecule has 1 aromatic heterocycles. The van der Waals surface area contributed by atoms with E-state index in [1.165, 1.54) is 0 Å². The van der Waals surface area contributed by atoms with Crippen molar-refractivity contribution in [2.75, 3.05) is 0 Å². The quantitative estimate of drug-likeness (QED) is 0.913. The molecule has 0 saturated heterocycles. The van der Waals surface area contributed by atoms with Crippen molar-refractivity contribution in [3.8, 4) is 0 Å². The van der Waals surface area contributed by atoms with Gasteiger partial charge in [0.05, 0.1) is 11.1 Å². The van der Waals surface area contributed by atoms with Gasteiger partial charge in [0.15, 0.2) is 0 Å². The van der Waals surface area contributed by atoms with Crippen LogP contribution in [0.15, 0.2) is 30.3 Å². The molecule has 3 rings (SSSR count). The summed E-state index contributed by atoms with van der Waals surface area (Å²) in [7, 11) is 0. The average molecular weight is 298 g/mol. The van der Waals surface area contributed by atoms with Crippen LogP contribution >= 0.6 is 0 Å². The number of carbonyl (C=O) groups is 2. The van der Waals surface area contributed by atoms with Crippen molar-refractivity contribution in [3.05, 3.63) is 41.6 Å². The number of amides is 1. The minimum Gasteiger partial charge on any atom is -0.480 e. The number of benzene rings is 1. The van der Waals surface area contributed by atoms with Gasteiger partial charge in [0.1, 0.15) is 5.54 Å². The highest BCUT2D eigenvalue weighted by Crippen LogP contribution is 2.30. The Balaban J connectivity index is 1.99. The Hall–Kier alpha value is -2.43. The third-order valence-corrected chi connectivity index (χ3v) is 4.32. The number of aromatic nitrogens is 1. The number of carbonyl (C=O) groups excluding carboxylic acids is 1. The molecule has 1 amide bonds. The van der Waals surface area contributed by atoms with Gasteiger partial charge in [0.25, 0.3) is 5.91 Å². The van der Waals surface area contributed by atoms with E-state index in [9.17, 15) is 14.7 Å². The summed E-state index contributed by atoms with van der Waals surface area (Å²) in [4.78, 5) is 28.6. The topological polar surface area (TPSA) is 79.3 Å². The summed E-state index contributed by atoms with van der Waals surface area (Å²) in [6.07, 6.45) is 2.59. The second-order valence-corrected chi connectivity index (χ2v) is 5.88. The van der Waals surface area contributed by atoms with Crippen molar-refractivity contribution in [3.63, 3.8) is 0 Å². The third kappa shape index (κ3) is 2.43. The first-order valence-corrected chi connectivity index (χ1v) is 7.44. The molecule has 1 aliphatic carbocycles. The van der Waals surface area contributed by atoms with Gasteiger partial charge in [0, 0.05) is 11.1 Å². The summed E-state index contributed by atoms with van der Waals surface area (Å²) in [6, 6.07) is 9.17. The first-order chi connectivity index (χ1) is 10.5. The molecule has 0 radical (unpaired) electrons. The predicted molar refractivity (Wildman–Crippen MR) is 82.8 cm³/mol. The molecule has 1 saturated carbocycles. The monoisotopic (exact) mass is 298 g/mol. The van der Waals surface area contributed by atoms with Gasteiger partial charge in [-0.2, -0.15) is 0 Å². The van der Waals surface area contributed by atoms with Crippen LogP contribution in [0.3, 0.4) is 0 Å². The van der Waals surface area contributed by atoms with E-state index in [0.29, 0.717) is 23.9 Å². The number of hydrogen-bond acceptors (Lipinski definition) is 3. The molecule has 0 atom stereocenters. The molecule has 1 fully saturated rings. The van der Waals surface area contributed by atoms with Crippen LogP contribution in [0.5, 0.6) is 0 Å². The molecule has 1 aliphatic rings. The van der Waals surface area contributed by atoms with Crippen LogP contribution in [0.1, 0.15) is 41.7 Å². The van der Waals surface area contributed by atoms with Crippen molar-refractivity contribution in [2.45, 2.75) is 38.1 Å². The highest BCUT2D eigenvalue weighted by molar-refractivity contribution is 6.07. The lowest BCUT2D eigenvalue weighted by atomic mass is 9.97. The van der Waals surface area contributed by atoms with Crippen LogP contribution < -0.4 is 5.32 Å². The van der Waals surface area contributed by atoms with Crippen molar-refractivity contribution >= 4 is 22.8 Å². The van der Waals surface area contributed by atoms with Crippen LogP contribution in [0.2, 0.25) is 0 Å². The van der Waals surface area contributed by atoms with Gasteiger partial charge in [-0.1, -0.05) is 31.0 Å². The first kappa shape index (κ1) is 14.5.